The Morgan fingerprint density at radius 2 is 2.27 bits per heavy atom. The highest BCUT2D eigenvalue weighted by molar-refractivity contribution is 6.78. The molecule has 0 amide bonds. The Morgan fingerprint density at radius 1 is 1.64 bits per heavy atom. The zero-order valence-corrected chi connectivity index (χ0v) is 8.26. The minimum atomic E-state index is -0.933. The molecule has 1 heterocycles. The van der Waals surface area contributed by atoms with Gasteiger partial charge >= 0.3 is 5.97 Å². The van der Waals surface area contributed by atoms with Crippen LogP contribution in [-0.4, -0.2) is 19.1 Å². The molecule has 1 aliphatic rings. The van der Waals surface area contributed by atoms with Crippen molar-refractivity contribution in [3.63, 3.8) is 0 Å². The van der Waals surface area contributed by atoms with Gasteiger partial charge in [-0.1, -0.05) is 31.6 Å². The van der Waals surface area contributed by atoms with Crippen LogP contribution in [0.3, 0.4) is 0 Å². The van der Waals surface area contributed by atoms with E-state index in [9.17, 15) is 4.79 Å². The highest BCUT2D eigenvalue weighted by Gasteiger charge is 2.33. The molecule has 0 aromatic carbocycles. The summed E-state index contributed by atoms with van der Waals surface area (Å²) in [5.74, 6) is -0.129. The van der Waals surface area contributed by atoms with Crippen LogP contribution in [0.5, 0.6) is 0 Å². The summed E-state index contributed by atoms with van der Waals surface area (Å²) < 4.78 is 0. The van der Waals surface area contributed by atoms with E-state index in [1.165, 1.54) is 12.1 Å². The monoisotopic (exact) mass is 172 g/mol. The van der Waals surface area contributed by atoms with Crippen LogP contribution in [0.15, 0.2) is 0 Å². The summed E-state index contributed by atoms with van der Waals surface area (Å²) in [5, 5.41) is 8.56. The Balaban J connectivity index is 2.36. The molecule has 1 N–H and O–H groups in total. The molecule has 2 nitrogen and oxygen atoms in total. The number of aliphatic carboxylic acids is 1. The molecule has 0 radical (unpaired) electrons. The molecule has 0 unspecified atom stereocenters. The zero-order chi connectivity index (χ0) is 8.48. The first-order valence-electron chi connectivity index (χ1n) is 4.21. The maximum atomic E-state index is 10.4. The Morgan fingerprint density at radius 3 is 2.64 bits per heavy atom. The normalized spacial score (nSPS) is 28.7. The third kappa shape index (κ3) is 2.65. The van der Waals surface area contributed by atoms with Gasteiger partial charge in [0, 0.05) is 14.5 Å². The molecule has 1 atom stereocenters. The van der Waals surface area contributed by atoms with Crippen molar-refractivity contribution in [2.24, 2.45) is 5.92 Å². The second kappa shape index (κ2) is 2.97. The lowest BCUT2D eigenvalue weighted by Crippen LogP contribution is -2.20. The summed E-state index contributed by atoms with van der Waals surface area (Å²) in [6.07, 6.45) is 1.56. The molecule has 0 saturated carbocycles. The molecular formula is C8H16O2Si. The summed E-state index contributed by atoms with van der Waals surface area (Å²) >= 11 is 0. The fourth-order valence-corrected chi connectivity index (χ4v) is 5.31. The summed E-state index contributed by atoms with van der Waals surface area (Å²) in [7, 11) is -0.933. The van der Waals surface area contributed by atoms with Gasteiger partial charge in [0.25, 0.3) is 0 Å². The predicted molar refractivity (Wildman–Crippen MR) is 47.5 cm³/mol. The van der Waals surface area contributed by atoms with Crippen LogP contribution >= 0.6 is 0 Å². The fraction of sp³-hybridized carbons (Fsp3) is 0.875. The number of rotatable bonds is 2. The van der Waals surface area contributed by atoms with E-state index >= 15 is 0 Å². The lowest BCUT2D eigenvalue weighted by molar-refractivity contribution is -0.137. The van der Waals surface area contributed by atoms with Crippen LogP contribution in [0.1, 0.15) is 12.8 Å². The third-order valence-corrected chi connectivity index (χ3v) is 5.86. The smallest absolute Gasteiger partial charge is 0.303 e. The van der Waals surface area contributed by atoms with Gasteiger partial charge in [0.15, 0.2) is 0 Å². The number of hydrogen-bond acceptors (Lipinski definition) is 1. The minimum Gasteiger partial charge on any atom is -0.481 e. The third-order valence-electron chi connectivity index (χ3n) is 2.53. The summed E-state index contributed by atoms with van der Waals surface area (Å²) in [6, 6.07) is 2.55. The highest BCUT2D eigenvalue weighted by atomic mass is 28.3. The van der Waals surface area contributed by atoms with Crippen LogP contribution in [0.2, 0.25) is 25.2 Å². The Bertz CT molecular complexity index is 165. The van der Waals surface area contributed by atoms with Crippen molar-refractivity contribution >= 4 is 14.0 Å². The van der Waals surface area contributed by atoms with E-state index in [2.05, 4.69) is 13.1 Å². The lowest BCUT2D eigenvalue weighted by atomic mass is 10.1. The van der Waals surface area contributed by atoms with Crippen LogP contribution < -0.4 is 0 Å². The van der Waals surface area contributed by atoms with Gasteiger partial charge in [0.1, 0.15) is 0 Å². The predicted octanol–water partition coefficient (Wildman–Crippen LogP) is 2.19. The van der Waals surface area contributed by atoms with E-state index < -0.39 is 14.0 Å². The van der Waals surface area contributed by atoms with Crippen molar-refractivity contribution in [3.05, 3.63) is 0 Å². The second-order valence-corrected chi connectivity index (χ2v) is 9.61. The highest BCUT2D eigenvalue weighted by Crippen LogP contribution is 2.36. The molecule has 0 aliphatic carbocycles. The fourth-order valence-electron chi connectivity index (χ4n) is 2.00. The van der Waals surface area contributed by atoms with Crippen molar-refractivity contribution in [1.29, 1.82) is 0 Å². The van der Waals surface area contributed by atoms with Gasteiger partial charge in [-0.25, -0.2) is 0 Å². The molecule has 1 rings (SSSR count). The van der Waals surface area contributed by atoms with Gasteiger partial charge < -0.3 is 5.11 Å². The largest absolute Gasteiger partial charge is 0.481 e. The van der Waals surface area contributed by atoms with Crippen molar-refractivity contribution < 1.29 is 9.90 Å². The molecule has 64 valence electrons. The number of carboxylic acid groups (broad SMARTS) is 1. The zero-order valence-electron chi connectivity index (χ0n) is 7.26. The summed E-state index contributed by atoms with van der Waals surface area (Å²) in [5.41, 5.74) is 0. The first-order valence-corrected chi connectivity index (χ1v) is 7.63. The average molecular weight is 172 g/mol. The summed E-state index contributed by atoms with van der Waals surface area (Å²) in [6.45, 7) is 4.71. The number of carboxylic acids is 1. The second-order valence-electron chi connectivity index (χ2n) is 4.37. The van der Waals surface area contributed by atoms with E-state index in [-0.39, 0.29) is 0 Å². The lowest BCUT2D eigenvalue weighted by Gasteiger charge is -2.13. The van der Waals surface area contributed by atoms with E-state index in [0.29, 0.717) is 12.3 Å². The maximum absolute atomic E-state index is 10.4. The topological polar surface area (TPSA) is 37.3 Å². The van der Waals surface area contributed by atoms with E-state index in [1.54, 1.807) is 0 Å². The molecule has 1 fully saturated rings. The van der Waals surface area contributed by atoms with Crippen LogP contribution in [0, 0.1) is 5.92 Å². The molecule has 3 heteroatoms. The Kier molecular flexibility index (Phi) is 2.37. The first-order chi connectivity index (χ1) is 4.99. The van der Waals surface area contributed by atoms with Crippen LogP contribution in [0.25, 0.3) is 0 Å². The number of carbonyl (C=O) groups is 1. The van der Waals surface area contributed by atoms with Crippen molar-refractivity contribution in [1.82, 2.24) is 0 Å². The molecular weight excluding hydrogens is 156 g/mol. The van der Waals surface area contributed by atoms with Crippen molar-refractivity contribution in [2.45, 2.75) is 38.0 Å². The van der Waals surface area contributed by atoms with E-state index in [4.69, 9.17) is 5.11 Å². The van der Waals surface area contributed by atoms with Crippen LogP contribution in [0.4, 0.5) is 0 Å². The quantitative estimate of drug-likeness (QED) is 0.648. The molecule has 0 aromatic heterocycles. The number of hydrogen-bond donors (Lipinski definition) is 1. The van der Waals surface area contributed by atoms with Gasteiger partial charge in [0.2, 0.25) is 0 Å². The Labute approximate surface area is 68.6 Å². The Hall–Kier alpha value is -0.313. The van der Waals surface area contributed by atoms with Crippen molar-refractivity contribution in [2.75, 3.05) is 0 Å². The van der Waals surface area contributed by atoms with Gasteiger partial charge in [-0.15, -0.1) is 0 Å². The van der Waals surface area contributed by atoms with Gasteiger partial charge in [-0.05, 0) is 5.92 Å². The van der Waals surface area contributed by atoms with Crippen molar-refractivity contribution in [3.8, 4) is 0 Å². The minimum absolute atomic E-state index is 0.399. The molecule has 11 heavy (non-hydrogen) atoms. The molecule has 1 saturated heterocycles. The summed E-state index contributed by atoms with van der Waals surface area (Å²) in [4.78, 5) is 10.4. The van der Waals surface area contributed by atoms with Crippen LogP contribution in [-0.2, 0) is 4.79 Å². The average Bonchev–Trinajstić information content (AvgIpc) is 2.08. The SMILES string of the molecule is C[Si]1(C)CC[C@@H](CC(=O)O)C1. The molecule has 0 bridgehead atoms. The first kappa shape index (κ1) is 8.78. The van der Waals surface area contributed by atoms with Gasteiger partial charge in [0.05, 0.1) is 0 Å². The standard InChI is InChI=1S/C8H16O2Si/c1-11(2)4-3-7(6-11)5-8(9)10/h7H,3-6H2,1-2H3,(H,9,10)/t7-/m0/s1. The van der Waals surface area contributed by atoms with Gasteiger partial charge in [-0.2, -0.15) is 0 Å². The maximum Gasteiger partial charge on any atom is 0.303 e. The molecule has 0 spiro atoms. The van der Waals surface area contributed by atoms with E-state index in [1.807, 2.05) is 0 Å². The molecule has 0 aromatic rings. The van der Waals surface area contributed by atoms with Gasteiger partial charge in [-0.3, -0.25) is 4.79 Å². The van der Waals surface area contributed by atoms with E-state index in [0.717, 1.165) is 6.42 Å². The molecule has 1 aliphatic heterocycles.